The van der Waals surface area contributed by atoms with Crippen LogP contribution in [-0.2, 0) is 11.2 Å². The first kappa shape index (κ1) is 34.1. The van der Waals surface area contributed by atoms with Crippen LogP contribution in [0.25, 0.3) is 32.9 Å². The number of phenolic OH excluding ortho intramolecular Hbond substituents is 1. The van der Waals surface area contributed by atoms with Gasteiger partial charge in [0.15, 0.2) is 5.82 Å². The molecule has 3 unspecified atom stereocenters. The number of aliphatic hydroxyl groups excluding tert-OH is 1. The van der Waals surface area contributed by atoms with E-state index in [-0.39, 0.29) is 47.1 Å². The lowest BCUT2D eigenvalue weighted by Gasteiger charge is -2.56. The van der Waals surface area contributed by atoms with Crippen molar-refractivity contribution in [3.05, 3.63) is 47.7 Å². The van der Waals surface area contributed by atoms with Gasteiger partial charge in [-0.3, -0.25) is 9.88 Å². The smallest absolute Gasteiger partial charge is 0.319 e. The molecule has 4 aromatic rings. The van der Waals surface area contributed by atoms with Crippen LogP contribution in [0.4, 0.5) is 14.6 Å². The summed E-state index contributed by atoms with van der Waals surface area (Å²) < 4.78 is 44.4. The minimum atomic E-state index is -0.754. The Morgan fingerprint density at radius 2 is 1.85 bits per heavy atom. The fraction of sp³-hybridized carbons (Fsp3) is 0.585. The van der Waals surface area contributed by atoms with Crippen molar-refractivity contribution in [2.75, 3.05) is 44.4 Å². The molecule has 52 heavy (non-hydrogen) atoms. The molecule has 3 aliphatic carbocycles. The number of aromatic hydroxyl groups is 1. The Morgan fingerprint density at radius 3 is 2.67 bits per heavy atom. The maximum atomic E-state index is 17.1. The van der Waals surface area contributed by atoms with Crippen molar-refractivity contribution in [1.29, 1.82) is 0 Å². The second-order valence-electron chi connectivity index (χ2n) is 16.3. The Hall–Kier alpha value is -3.67. The van der Waals surface area contributed by atoms with Crippen molar-refractivity contribution in [2.24, 2.45) is 10.8 Å². The third kappa shape index (κ3) is 5.78. The van der Waals surface area contributed by atoms with Crippen molar-refractivity contribution < 1.29 is 28.5 Å². The number of rotatable bonds is 7. The minimum Gasteiger partial charge on any atom is -0.508 e. The lowest BCUT2D eigenvalue weighted by molar-refractivity contribution is -0.0787. The largest absolute Gasteiger partial charge is 0.508 e. The summed E-state index contributed by atoms with van der Waals surface area (Å²) in [6.45, 7) is 4.70. The van der Waals surface area contributed by atoms with Gasteiger partial charge < -0.3 is 24.6 Å². The summed E-state index contributed by atoms with van der Waals surface area (Å²) in [4.78, 5) is 18.9. The molecule has 0 bridgehead atoms. The summed E-state index contributed by atoms with van der Waals surface area (Å²) in [6, 6.07) is 7.16. The van der Waals surface area contributed by atoms with Gasteiger partial charge in [-0.15, -0.1) is 0 Å². The molecular formula is C41H49F2N5O4. The van der Waals surface area contributed by atoms with Crippen LogP contribution in [0.2, 0.25) is 0 Å². The van der Waals surface area contributed by atoms with Crippen molar-refractivity contribution in [1.82, 2.24) is 19.9 Å². The number of likely N-dealkylation sites (tertiary alicyclic amines) is 1. The predicted molar refractivity (Wildman–Crippen MR) is 196 cm³/mol. The Morgan fingerprint density at radius 1 is 1.02 bits per heavy atom. The molecule has 1 spiro atoms. The normalized spacial score (nSPS) is 26.6. The molecule has 2 saturated heterocycles. The molecule has 276 valence electrons. The number of aromatic nitrogens is 3. The van der Waals surface area contributed by atoms with Gasteiger partial charge in [-0.25, -0.2) is 8.78 Å². The number of piperidine rings is 1. The van der Waals surface area contributed by atoms with Gasteiger partial charge >= 0.3 is 6.01 Å². The van der Waals surface area contributed by atoms with Crippen molar-refractivity contribution in [3.63, 3.8) is 0 Å². The molecule has 2 aliphatic heterocycles. The van der Waals surface area contributed by atoms with Gasteiger partial charge in [0, 0.05) is 42.3 Å². The molecule has 0 radical (unpaired) electrons. The van der Waals surface area contributed by atoms with Crippen LogP contribution in [0.1, 0.15) is 83.1 Å². The number of hydrogen-bond acceptors (Lipinski definition) is 9. The summed E-state index contributed by atoms with van der Waals surface area (Å²) in [5.41, 5.74) is 1.28. The molecule has 5 fully saturated rings. The monoisotopic (exact) mass is 713 g/mol. The summed E-state index contributed by atoms with van der Waals surface area (Å²) in [7, 11) is 0. The van der Waals surface area contributed by atoms with E-state index in [2.05, 4.69) is 9.88 Å². The summed E-state index contributed by atoms with van der Waals surface area (Å²) in [5, 5.41) is 22.8. The number of aryl methyl sites for hydroxylation is 1. The van der Waals surface area contributed by atoms with Gasteiger partial charge in [0.2, 0.25) is 0 Å². The van der Waals surface area contributed by atoms with Crippen LogP contribution in [0.3, 0.4) is 0 Å². The number of halogens is 2. The summed E-state index contributed by atoms with van der Waals surface area (Å²) >= 11 is 0. The van der Waals surface area contributed by atoms with E-state index in [0.717, 1.165) is 25.8 Å². The van der Waals surface area contributed by atoms with Gasteiger partial charge in [-0.2, -0.15) is 9.97 Å². The van der Waals surface area contributed by atoms with E-state index < -0.39 is 17.7 Å². The first-order chi connectivity index (χ1) is 25.3. The molecule has 11 heteroatoms. The molecule has 2 aromatic carbocycles. The Labute approximate surface area is 303 Å². The highest BCUT2D eigenvalue weighted by Gasteiger charge is 2.55. The van der Waals surface area contributed by atoms with Gasteiger partial charge in [0.05, 0.1) is 31.3 Å². The number of anilines is 1. The van der Waals surface area contributed by atoms with Gasteiger partial charge in [-0.05, 0) is 104 Å². The van der Waals surface area contributed by atoms with Crippen molar-refractivity contribution in [2.45, 2.75) is 102 Å². The van der Waals surface area contributed by atoms with Crippen molar-refractivity contribution in [3.8, 4) is 23.0 Å². The fourth-order valence-electron chi connectivity index (χ4n) is 10.8. The van der Waals surface area contributed by atoms with E-state index >= 15 is 8.78 Å². The highest BCUT2D eigenvalue weighted by Crippen LogP contribution is 2.58. The fourth-order valence-corrected chi connectivity index (χ4v) is 10.8. The van der Waals surface area contributed by atoms with E-state index in [1.54, 1.807) is 12.1 Å². The van der Waals surface area contributed by atoms with Crippen LogP contribution in [0.15, 0.2) is 30.5 Å². The Kier molecular flexibility index (Phi) is 8.74. The second kappa shape index (κ2) is 13.3. The molecule has 3 saturated carbocycles. The van der Waals surface area contributed by atoms with Crippen molar-refractivity contribution >= 4 is 27.5 Å². The van der Waals surface area contributed by atoms with E-state index in [4.69, 9.17) is 19.4 Å². The van der Waals surface area contributed by atoms with Gasteiger partial charge in [0.25, 0.3) is 0 Å². The highest BCUT2D eigenvalue weighted by molar-refractivity contribution is 6.01. The molecule has 9 rings (SSSR count). The van der Waals surface area contributed by atoms with Gasteiger partial charge in [0.1, 0.15) is 28.6 Å². The number of β-amino-alcohol motifs (C(OH)–C–C–N with tert-alkyl or cyclic N) is 1. The quantitative estimate of drug-likeness (QED) is 0.204. The minimum absolute atomic E-state index is 0.00907. The number of aliphatic hydroxyl groups is 1. The van der Waals surface area contributed by atoms with E-state index in [1.165, 1.54) is 69.7 Å². The SMILES string of the molecule is CCc1c(F)ccc2cc(O)cc(-c3ncc4c(N5CCOCC(O)C5)nc(OCC56CCCC5N(C5CC7(CCCC7)C5)CCC6)nc4c3F)c12. The predicted octanol–water partition coefficient (Wildman–Crippen LogP) is 7.33. The summed E-state index contributed by atoms with van der Waals surface area (Å²) in [5.74, 6) is -0.754. The second-order valence-corrected chi connectivity index (χ2v) is 16.3. The van der Waals surface area contributed by atoms with Crippen LogP contribution >= 0.6 is 0 Å². The topological polar surface area (TPSA) is 104 Å². The number of pyridine rings is 1. The maximum Gasteiger partial charge on any atom is 0.319 e. The lowest BCUT2D eigenvalue weighted by Crippen LogP contribution is -2.60. The molecule has 2 aromatic heterocycles. The number of hydrogen-bond donors (Lipinski definition) is 2. The molecule has 2 N–H and O–H groups in total. The average Bonchev–Trinajstić information content (AvgIpc) is 3.74. The molecule has 0 amide bonds. The number of nitrogens with zero attached hydrogens (tertiary/aromatic N) is 5. The number of phenols is 1. The van der Waals surface area contributed by atoms with E-state index in [0.29, 0.717) is 71.2 Å². The standard InChI is InChI=1S/C41H49F2N5O4/c1-2-29-32(42)9-8-25-17-27(49)18-30(34(25)29)36-35(43)37-31(21-44-36)38(47-15-16-51-23-28(50)22-47)46-39(45-37)52-24-41-12-5-7-33(41)48(14-6-13-41)26-19-40(20-26)10-3-4-11-40/h8-9,17-18,21,26,28,33,49-50H,2-7,10-16,19-20,22-24H2,1H3. The van der Waals surface area contributed by atoms with E-state index in [1.807, 2.05) is 11.8 Å². The molecule has 4 heterocycles. The molecule has 5 aliphatic rings. The Balaban J connectivity index is 1.10. The molecular weight excluding hydrogens is 664 g/mol. The first-order valence-electron chi connectivity index (χ1n) is 19.5. The molecule has 3 atom stereocenters. The number of benzene rings is 2. The number of fused-ring (bicyclic) bond motifs is 3. The first-order valence-corrected chi connectivity index (χ1v) is 19.5. The number of ether oxygens (including phenoxy) is 2. The van der Waals surface area contributed by atoms with E-state index in [9.17, 15) is 10.2 Å². The van der Waals surface area contributed by atoms with Crippen LogP contribution in [0.5, 0.6) is 11.8 Å². The van der Waals surface area contributed by atoms with Crippen LogP contribution in [-0.4, -0.2) is 87.7 Å². The zero-order chi connectivity index (χ0) is 35.6. The van der Waals surface area contributed by atoms with Crippen LogP contribution in [0, 0.1) is 22.5 Å². The highest BCUT2D eigenvalue weighted by atomic mass is 19.1. The van der Waals surface area contributed by atoms with Crippen LogP contribution < -0.4 is 9.64 Å². The van der Waals surface area contributed by atoms with Gasteiger partial charge in [-0.1, -0.05) is 32.3 Å². The zero-order valence-electron chi connectivity index (χ0n) is 30.0. The third-order valence-corrected chi connectivity index (χ3v) is 13.3. The average molecular weight is 714 g/mol. The molecule has 9 nitrogen and oxygen atoms in total. The third-order valence-electron chi connectivity index (χ3n) is 13.3. The Bertz CT molecular complexity index is 2000. The maximum absolute atomic E-state index is 17.1. The summed E-state index contributed by atoms with van der Waals surface area (Å²) in [6.07, 6.45) is 15.0. The lowest BCUT2D eigenvalue weighted by atomic mass is 9.62. The zero-order valence-corrected chi connectivity index (χ0v) is 30.0.